The Balaban J connectivity index is 1.32. The summed E-state index contributed by atoms with van der Waals surface area (Å²) in [6.45, 7) is 4.83. The number of nitrogens with zero attached hydrogens (tertiary/aromatic N) is 2. The van der Waals surface area contributed by atoms with Gasteiger partial charge in [0.25, 0.3) is 0 Å². The number of hydrogen-bond acceptors (Lipinski definition) is 1. The smallest absolute Gasteiger partial charge is 0.0634 e. The van der Waals surface area contributed by atoms with Gasteiger partial charge in [0.05, 0.1) is 22.8 Å². The van der Waals surface area contributed by atoms with Gasteiger partial charge in [0.15, 0.2) is 0 Å². The van der Waals surface area contributed by atoms with Crippen molar-refractivity contribution >= 4 is 44.8 Å². The Morgan fingerprint density at radius 3 is 2.51 bits per heavy atom. The van der Waals surface area contributed by atoms with Crippen LogP contribution in [0.5, 0.6) is 0 Å². The number of benzene rings is 4. The Morgan fingerprint density at radius 1 is 0.744 bits per heavy atom. The van der Waals surface area contributed by atoms with Crippen LogP contribution in [-0.2, 0) is 5.41 Å². The summed E-state index contributed by atoms with van der Waals surface area (Å²) in [4.78, 5) is 2.66. The lowest BCUT2D eigenvalue weighted by molar-refractivity contribution is 0.511. The van der Waals surface area contributed by atoms with Gasteiger partial charge in [-0.3, -0.25) is 0 Å². The number of allylic oxidation sites excluding steroid dienone is 5. The Hall–Kier alpha value is -4.56. The van der Waals surface area contributed by atoms with Crippen molar-refractivity contribution in [3.63, 3.8) is 0 Å². The molecule has 0 saturated carbocycles. The first-order valence-electron chi connectivity index (χ1n) is 15.9. The van der Waals surface area contributed by atoms with Gasteiger partial charge in [-0.15, -0.1) is 0 Å². The highest BCUT2D eigenvalue weighted by atomic mass is 15.2. The van der Waals surface area contributed by atoms with E-state index in [1.807, 2.05) is 0 Å². The van der Waals surface area contributed by atoms with Crippen LogP contribution in [0.25, 0.3) is 39.1 Å². The summed E-state index contributed by atoms with van der Waals surface area (Å²) in [5.74, 6) is 0.456. The molecule has 0 saturated heterocycles. The molecule has 3 aliphatic carbocycles. The fourth-order valence-corrected chi connectivity index (χ4v) is 8.45. The van der Waals surface area contributed by atoms with E-state index >= 15 is 0 Å². The average molecular weight is 557 g/mol. The molecule has 0 bridgehead atoms. The SMILES string of the molecule is CC1(C)C2=C(CCC=C2)c2ccc(N3c4ccc5c6ccccc6n(-c6ccccc6)c5c4C=CC4CCC=CC43)cc21. The molecule has 210 valence electrons. The zero-order valence-corrected chi connectivity index (χ0v) is 24.9. The number of anilines is 2. The predicted molar refractivity (Wildman–Crippen MR) is 182 cm³/mol. The van der Waals surface area contributed by atoms with Gasteiger partial charge in [-0.2, -0.15) is 0 Å². The van der Waals surface area contributed by atoms with E-state index in [1.165, 1.54) is 67.6 Å². The fourth-order valence-electron chi connectivity index (χ4n) is 8.45. The number of fused-ring (bicyclic) bond motifs is 8. The Morgan fingerprint density at radius 2 is 1.60 bits per heavy atom. The number of para-hydroxylation sites is 2. The molecule has 2 heteroatoms. The molecule has 0 fully saturated rings. The maximum atomic E-state index is 2.66. The second-order valence-electron chi connectivity index (χ2n) is 13.2. The predicted octanol–water partition coefficient (Wildman–Crippen LogP) is 10.7. The van der Waals surface area contributed by atoms with Gasteiger partial charge in [0.1, 0.15) is 0 Å². The van der Waals surface area contributed by atoms with E-state index in [9.17, 15) is 0 Å². The van der Waals surface area contributed by atoms with Crippen LogP contribution in [0.2, 0.25) is 0 Å². The van der Waals surface area contributed by atoms with E-state index < -0.39 is 0 Å². The highest BCUT2D eigenvalue weighted by molar-refractivity contribution is 6.13. The van der Waals surface area contributed by atoms with Crippen LogP contribution >= 0.6 is 0 Å². The molecule has 0 N–H and O–H groups in total. The first-order chi connectivity index (χ1) is 21.1. The van der Waals surface area contributed by atoms with E-state index in [2.05, 4.69) is 145 Å². The molecule has 5 aromatic rings. The van der Waals surface area contributed by atoms with E-state index in [0.717, 1.165) is 19.3 Å². The van der Waals surface area contributed by atoms with Crippen molar-refractivity contribution in [1.82, 2.24) is 4.57 Å². The van der Waals surface area contributed by atoms with Gasteiger partial charge in [-0.25, -0.2) is 0 Å². The van der Waals surface area contributed by atoms with Crippen LogP contribution in [0.1, 0.15) is 56.2 Å². The summed E-state index contributed by atoms with van der Waals surface area (Å²) in [6, 6.07) is 32.1. The van der Waals surface area contributed by atoms with Crippen LogP contribution in [0, 0.1) is 5.92 Å². The summed E-state index contributed by atoms with van der Waals surface area (Å²) in [7, 11) is 0. The molecule has 4 aromatic carbocycles. The quantitative estimate of drug-likeness (QED) is 0.196. The molecular formula is C41H36N2. The molecule has 1 aliphatic heterocycles. The second kappa shape index (κ2) is 9.22. The Bertz CT molecular complexity index is 2060. The number of hydrogen-bond donors (Lipinski definition) is 0. The van der Waals surface area contributed by atoms with Gasteiger partial charge in [-0.1, -0.05) is 98.8 Å². The summed E-state index contributed by atoms with van der Waals surface area (Å²) in [5, 5.41) is 2.61. The van der Waals surface area contributed by atoms with Gasteiger partial charge in [0.2, 0.25) is 0 Å². The van der Waals surface area contributed by atoms with E-state index in [4.69, 9.17) is 0 Å². The lowest BCUT2D eigenvalue weighted by Gasteiger charge is -2.38. The van der Waals surface area contributed by atoms with Gasteiger partial charge in [-0.05, 0) is 84.4 Å². The topological polar surface area (TPSA) is 8.17 Å². The van der Waals surface area contributed by atoms with Crippen LogP contribution in [0.15, 0.2) is 121 Å². The lowest BCUT2D eigenvalue weighted by Crippen LogP contribution is -2.36. The molecule has 2 unspecified atom stereocenters. The molecular weight excluding hydrogens is 520 g/mol. The highest BCUT2D eigenvalue weighted by Crippen LogP contribution is 2.52. The van der Waals surface area contributed by atoms with Crippen molar-refractivity contribution in [3.05, 3.63) is 138 Å². The molecule has 4 aliphatic rings. The first-order valence-corrected chi connectivity index (χ1v) is 15.9. The summed E-state index contributed by atoms with van der Waals surface area (Å²) >= 11 is 0. The summed E-state index contributed by atoms with van der Waals surface area (Å²) in [6.07, 6.45) is 19.1. The third kappa shape index (κ3) is 3.53. The van der Waals surface area contributed by atoms with Crippen LogP contribution in [0.4, 0.5) is 11.4 Å². The van der Waals surface area contributed by atoms with Crippen molar-refractivity contribution < 1.29 is 0 Å². The van der Waals surface area contributed by atoms with Crippen LogP contribution < -0.4 is 4.90 Å². The number of rotatable bonds is 2. The zero-order chi connectivity index (χ0) is 28.7. The minimum atomic E-state index is 0.00994. The van der Waals surface area contributed by atoms with Gasteiger partial charge in [0, 0.05) is 39.0 Å². The van der Waals surface area contributed by atoms with E-state index in [-0.39, 0.29) is 11.5 Å². The van der Waals surface area contributed by atoms with Gasteiger partial charge < -0.3 is 9.47 Å². The normalized spacial score (nSPS) is 21.6. The van der Waals surface area contributed by atoms with Crippen LogP contribution in [0.3, 0.4) is 0 Å². The molecule has 0 spiro atoms. The molecule has 1 aromatic heterocycles. The third-order valence-corrected chi connectivity index (χ3v) is 10.5. The Labute approximate surface area is 254 Å². The minimum absolute atomic E-state index is 0.00994. The maximum absolute atomic E-state index is 2.66. The zero-order valence-electron chi connectivity index (χ0n) is 24.9. The van der Waals surface area contributed by atoms with Crippen molar-refractivity contribution in [3.8, 4) is 5.69 Å². The minimum Gasteiger partial charge on any atom is -0.333 e. The second-order valence-corrected chi connectivity index (χ2v) is 13.2. The molecule has 2 heterocycles. The van der Waals surface area contributed by atoms with Crippen molar-refractivity contribution in [1.29, 1.82) is 0 Å². The fraction of sp³-hybridized carbons (Fsp3) is 0.220. The van der Waals surface area contributed by atoms with Crippen molar-refractivity contribution in [2.45, 2.75) is 51.0 Å². The maximum Gasteiger partial charge on any atom is 0.0634 e. The molecule has 2 nitrogen and oxygen atoms in total. The van der Waals surface area contributed by atoms with Crippen LogP contribution in [-0.4, -0.2) is 10.6 Å². The molecule has 2 atom stereocenters. The molecule has 9 rings (SSSR count). The molecule has 0 radical (unpaired) electrons. The number of aromatic nitrogens is 1. The summed E-state index contributed by atoms with van der Waals surface area (Å²) < 4.78 is 2.48. The monoisotopic (exact) mass is 556 g/mol. The van der Waals surface area contributed by atoms with E-state index in [1.54, 1.807) is 5.57 Å². The largest absolute Gasteiger partial charge is 0.333 e. The van der Waals surface area contributed by atoms with Gasteiger partial charge >= 0.3 is 0 Å². The molecule has 43 heavy (non-hydrogen) atoms. The van der Waals surface area contributed by atoms with E-state index in [0.29, 0.717) is 5.92 Å². The third-order valence-electron chi connectivity index (χ3n) is 10.5. The average Bonchev–Trinajstić information content (AvgIpc) is 3.43. The Kier molecular flexibility index (Phi) is 5.36. The molecule has 0 amide bonds. The van der Waals surface area contributed by atoms with Crippen molar-refractivity contribution in [2.24, 2.45) is 5.92 Å². The standard InChI is InChI=1S/C41H36N2/c1-41(2)35-17-9-7-15-30(35)31-23-21-29(26-36(31)41)42-37-18-10-6-12-27(37)20-22-34-39(42)25-24-33-32-16-8-11-19-38(32)43(40(33)34)28-13-4-3-5-14-28/h3-5,8-11,13-14,16-27,37H,6-7,12,15H2,1-2H3. The highest BCUT2D eigenvalue weighted by Gasteiger charge is 2.39. The lowest BCUT2D eigenvalue weighted by atomic mass is 9.80. The summed E-state index contributed by atoms with van der Waals surface area (Å²) in [5.41, 5.74) is 13.6. The van der Waals surface area contributed by atoms with Crippen molar-refractivity contribution in [2.75, 3.05) is 4.90 Å². The first kappa shape index (κ1) is 25.0.